The summed E-state index contributed by atoms with van der Waals surface area (Å²) in [6.07, 6.45) is 6.38. The normalized spacial score (nSPS) is 12.4. The molecule has 9 aromatic carbocycles. The lowest BCUT2D eigenvalue weighted by atomic mass is 9.90. The Hall–Kier alpha value is -9.15. The van der Waals surface area contributed by atoms with E-state index in [9.17, 15) is 15.8 Å². The van der Waals surface area contributed by atoms with Crippen molar-refractivity contribution in [1.29, 1.82) is 15.8 Å². The second-order valence-corrected chi connectivity index (χ2v) is 16.9. The lowest BCUT2D eigenvalue weighted by Gasteiger charge is -2.26. The molecule has 0 atom stereocenters. The number of rotatable bonds is 4. The minimum atomic E-state index is 0.351. The minimum Gasteiger partial charge on any atom is -0.306 e. The number of hydrogen-bond acceptors (Lipinski definition) is 3. The highest BCUT2D eigenvalue weighted by molar-refractivity contribution is 6.17. The summed E-state index contributed by atoms with van der Waals surface area (Å²) in [5.74, 6) is 0. The molecule has 6 heteroatoms. The van der Waals surface area contributed by atoms with Crippen LogP contribution in [0, 0.1) is 34.0 Å². The van der Waals surface area contributed by atoms with Crippen LogP contribution in [0.3, 0.4) is 0 Å². The molecule has 0 saturated heterocycles. The molecule has 0 amide bonds. The lowest BCUT2D eigenvalue weighted by molar-refractivity contribution is 0.987. The second kappa shape index (κ2) is 13.9. The maximum Gasteiger partial charge on any atom is 0.102 e. The van der Waals surface area contributed by atoms with Crippen LogP contribution in [-0.2, 0) is 6.42 Å². The molecule has 0 bridgehead atoms. The van der Waals surface area contributed by atoms with Gasteiger partial charge in [-0.1, -0.05) is 121 Å². The van der Waals surface area contributed by atoms with Crippen LogP contribution >= 0.6 is 0 Å². The second-order valence-electron chi connectivity index (χ2n) is 16.9. The van der Waals surface area contributed by atoms with Crippen LogP contribution in [-0.4, -0.2) is 13.7 Å². The van der Waals surface area contributed by atoms with E-state index >= 15 is 0 Å². The third-order valence-electron chi connectivity index (χ3n) is 13.6. The number of allylic oxidation sites excluding steroid dienone is 1. The predicted octanol–water partition coefficient (Wildman–Crippen LogP) is 14.4. The van der Waals surface area contributed by atoms with Crippen LogP contribution in [0.1, 0.15) is 34.2 Å². The standard InChI is InChI=1S/C59H34N6/c60-33-36-25-27-37(28-26-36)56-48(34-61)57(64-52-23-11-7-19-44(52)46-29-38-13-1-3-15-40(38)31-54(46)64)59(63-50-21-9-5-17-42(50)43-18-6-10-22-51(43)63)58(49(56)35-62)65-53-24-12-8-20-45(53)47-30-39-14-2-4-16-41(39)32-55(47)65/h1,3-13,15-32H,2,14H2. The Morgan fingerprint density at radius 2 is 0.862 bits per heavy atom. The average Bonchev–Trinajstić information content (AvgIpc) is 3.98. The Labute approximate surface area is 373 Å². The van der Waals surface area contributed by atoms with Gasteiger partial charge in [-0.05, 0) is 101 Å². The fourth-order valence-corrected chi connectivity index (χ4v) is 10.8. The third-order valence-corrected chi connectivity index (χ3v) is 13.6. The van der Waals surface area contributed by atoms with E-state index in [1.165, 1.54) is 5.56 Å². The molecule has 0 radical (unpaired) electrons. The maximum atomic E-state index is 12.0. The van der Waals surface area contributed by atoms with Gasteiger partial charge in [-0.15, -0.1) is 0 Å². The van der Waals surface area contributed by atoms with Gasteiger partial charge in [0.05, 0.1) is 72.9 Å². The van der Waals surface area contributed by atoms with E-state index in [0.717, 1.165) is 94.6 Å². The number of aromatic nitrogens is 3. The van der Waals surface area contributed by atoms with Crippen LogP contribution in [0.15, 0.2) is 176 Å². The lowest BCUT2D eigenvalue weighted by Crippen LogP contribution is -2.15. The number of nitriles is 3. The van der Waals surface area contributed by atoms with Crippen molar-refractivity contribution in [3.05, 3.63) is 204 Å². The number of hydrogen-bond donors (Lipinski definition) is 0. The van der Waals surface area contributed by atoms with Crippen molar-refractivity contribution in [2.45, 2.75) is 12.8 Å². The predicted molar refractivity (Wildman–Crippen MR) is 264 cm³/mol. The Balaban J connectivity index is 1.36. The molecule has 1 aliphatic carbocycles. The van der Waals surface area contributed by atoms with E-state index in [-0.39, 0.29) is 0 Å². The molecule has 3 aromatic heterocycles. The zero-order valence-electron chi connectivity index (χ0n) is 34.9. The molecule has 6 nitrogen and oxygen atoms in total. The molecule has 12 aromatic rings. The van der Waals surface area contributed by atoms with Crippen molar-refractivity contribution in [1.82, 2.24) is 13.7 Å². The van der Waals surface area contributed by atoms with Gasteiger partial charge in [0.2, 0.25) is 0 Å². The van der Waals surface area contributed by atoms with Gasteiger partial charge < -0.3 is 13.7 Å². The van der Waals surface area contributed by atoms with Crippen molar-refractivity contribution < 1.29 is 0 Å². The van der Waals surface area contributed by atoms with E-state index in [0.29, 0.717) is 44.9 Å². The first kappa shape index (κ1) is 36.5. The van der Waals surface area contributed by atoms with Gasteiger partial charge in [-0.2, -0.15) is 15.8 Å². The van der Waals surface area contributed by atoms with Gasteiger partial charge in [0.25, 0.3) is 0 Å². The topological polar surface area (TPSA) is 86.2 Å². The van der Waals surface area contributed by atoms with Gasteiger partial charge in [0, 0.05) is 37.9 Å². The van der Waals surface area contributed by atoms with Crippen molar-refractivity contribution >= 4 is 82.3 Å². The Morgan fingerprint density at radius 1 is 0.400 bits per heavy atom. The fourth-order valence-electron chi connectivity index (χ4n) is 10.8. The molecule has 0 unspecified atom stereocenters. The molecule has 300 valence electrons. The third kappa shape index (κ3) is 5.13. The molecule has 0 fully saturated rings. The first-order valence-electron chi connectivity index (χ1n) is 21.8. The van der Waals surface area contributed by atoms with Gasteiger partial charge in [0.1, 0.15) is 12.1 Å². The average molecular weight is 827 g/mol. The highest BCUT2D eigenvalue weighted by Crippen LogP contribution is 2.49. The molecule has 65 heavy (non-hydrogen) atoms. The molecule has 0 spiro atoms. The van der Waals surface area contributed by atoms with Crippen molar-refractivity contribution in [3.63, 3.8) is 0 Å². The zero-order chi connectivity index (χ0) is 43.3. The highest BCUT2D eigenvalue weighted by Gasteiger charge is 2.33. The number of nitrogens with zero attached hydrogens (tertiary/aromatic N) is 6. The first-order chi connectivity index (χ1) is 32.1. The molecule has 0 aliphatic heterocycles. The largest absolute Gasteiger partial charge is 0.306 e. The summed E-state index contributed by atoms with van der Waals surface area (Å²) in [6.45, 7) is 0. The summed E-state index contributed by atoms with van der Waals surface area (Å²) in [5, 5.41) is 42.5. The smallest absolute Gasteiger partial charge is 0.102 e. The summed E-state index contributed by atoms with van der Waals surface area (Å²) >= 11 is 0. The first-order valence-corrected chi connectivity index (χ1v) is 21.8. The number of benzene rings is 9. The van der Waals surface area contributed by atoms with Crippen LogP contribution < -0.4 is 0 Å². The van der Waals surface area contributed by atoms with Crippen molar-refractivity contribution in [2.75, 3.05) is 0 Å². The van der Waals surface area contributed by atoms with E-state index in [1.807, 2.05) is 12.1 Å². The molecular formula is C59H34N6. The Kier molecular flexibility index (Phi) is 7.82. The SMILES string of the molecule is N#Cc1ccc(-c2c(C#N)c(-n3c4ccccc4c4cc5c(cc43)C=CCC5)c(-n3c4ccccc4c4ccccc43)c(-n3c4ccccc4c4cc5ccccc5cc43)c2C#N)cc1. The number of aryl methyl sites for hydroxylation is 1. The fraction of sp³-hybridized carbons (Fsp3) is 0.0339. The van der Waals surface area contributed by atoms with E-state index in [4.69, 9.17) is 0 Å². The number of para-hydroxylation sites is 4. The molecular weight excluding hydrogens is 793 g/mol. The highest BCUT2D eigenvalue weighted by atomic mass is 15.1. The van der Waals surface area contributed by atoms with Crippen LogP contribution in [0.5, 0.6) is 0 Å². The monoisotopic (exact) mass is 826 g/mol. The van der Waals surface area contributed by atoms with Crippen molar-refractivity contribution in [3.8, 4) is 46.4 Å². The molecule has 0 saturated carbocycles. The van der Waals surface area contributed by atoms with E-state index in [1.54, 1.807) is 12.1 Å². The quantitative estimate of drug-likeness (QED) is 0.177. The van der Waals surface area contributed by atoms with E-state index < -0.39 is 0 Å². The Morgan fingerprint density at radius 3 is 1.40 bits per heavy atom. The van der Waals surface area contributed by atoms with Crippen molar-refractivity contribution in [2.24, 2.45) is 0 Å². The maximum absolute atomic E-state index is 12.0. The van der Waals surface area contributed by atoms with Crippen LogP contribution in [0.4, 0.5) is 0 Å². The zero-order valence-corrected chi connectivity index (χ0v) is 34.9. The molecule has 3 heterocycles. The molecule has 0 N–H and O–H groups in total. The summed E-state index contributed by atoms with van der Waals surface area (Å²) < 4.78 is 6.84. The summed E-state index contributed by atoms with van der Waals surface area (Å²) in [4.78, 5) is 0. The van der Waals surface area contributed by atoms with Gasteiger partial charge in [-0.25, -0.2) is 0 Å². The summed E-state index contributed by atoms with van der Waals surface area (Å²) in [7, 11) is 0. The van der Waals surface area contributed by atoms with Crippen LogP contribution in [0.25, 0.3) is 110 Å². The molecule has 1 aliphatic rings. The van der Waals surface area contributed by atoms with Crippen LogP contribution in [0.2, 0.25) is 0 Å². The van der Waals surface area contributed by atoms with E-state index in [2.05, 4.69) is 190 Å². The van der Waals surface area contributed by atoms with Gasteiger partial charge >= 0.3 is 0 Å². The number of fused-ring (bicyclic) bond motifs is 11. The molecule has 13 rings (SSSR count). The Bertz CT molecular complexity index is 4160. The summed E-state index contributed by atoms with van der Waals surface area (Å²) in [5.41, 5.74) is 12.5. The minimum absolute atomic E-state index is 0.351. The summed E-state index contributed by atoms with van der Waals surface area (Å²) in [6, 6.07) is 66.3. The van der Waals surface area contributed by atoms with Gasteiger partial charge in [-0.3, -0.25) is 0 Å². The van der Waals surface area contributed by atoms with Gasteiger partial charge in [0.15, 0.2) is 0 Å².